The normalized spacial score (nSPS) is 10.9. The lowest BCUT2D eigenvalue weighted by Gasteiger charge is -2.19. The third kappa shape index (κ3) is 3.59. The second-order valence-corrected chi connectivity index (χ2v) is 6.69. The summed E-state index contributed by atoms with van der Waals surface area (Å²) in [7, 11) is 0. The smallest absolute Gasteiger partial charge is 0.229 e. The molecule has 0 unspecified atom stereocenters. The zero-order valence-electron chi connectivity index (χ0n) is 13.5. The number of benzene rings is 2. The Morgan fingerprint density at radius 2 is 1.96 bits per heavy atom. The standard InChI is InChI=1S/C19H20N2OS/c1-3-7-18(22)21(13-15-8-5-4-6-9-15)19-20-16-11-10-14(2)12-17(16)23-19/h4-6,8-12H,3,7,13H2,1-2H3. The minimum Gasteiger partial charge on any atom is -0.284 e. The van der Waals surface area contributed by atoms with Gasteiger partial charge in [-0.25, -0.2) is 4.98 Å². The monoisotopic (exact) mass is 324 g/mol. The van der Waals surface area contributed by atoms with Crippen molar-refractivity contribution in [2.75, 3.05) is 4.90 Å². The molecular weight excluding hydrogens is 304 g/mol. The van der Waals surface area contributed by atoms with Crippen LogP contribution in [-0.2, 0) is 11.3 Å². The Morgan fingerprint density at radius 3 is 2.70 bits per heavy atom. The summed E-state index contributed by atoms with van der Waals surface area (Å²) in [5.41, 5.74) is 3.28. The van der Waals surface area contributed by atoms with E-state index in [2.05, 4.69) is 24.0 Å². The van der Waals surface area contributed by atoms with E-state index >= 15 is 0 Å². The molecule has 0 saturated carbocycles. The van der Waals surface area contributed by atoms with Gasteiger partial charge in [0, 0.05) is 6.42 Å². The van der Waals surface area contributed by atoms with E-state index in [-0.39, 0.29) is 5.91 Å². The van der Waals surface area contributed by atoms with Crippen LogP contribution in [0.15, 0.2) is 48.5 Å². The minimum atomic E-state index is 0.132. The summed E-state index contributed by atoms with van der Waals surface area (Å²) < 4.78 is 1.13. The second-order valence-electron chi connectivity index (χ2n) is 5.68. The maximum absolute atomic E-state index is 12.6. The molecule has 1 heterocycles. The number of carbonyl (C=O) groups excluding carboxylic acids is 1. The summed E-state index contributed by atoms with van der Waals surface area (Å²) in [5, 5.41) is 0.785. The molecule has 0 aliphatic rings. The molecule has 3 nitrogen and oxygen atoms in total. The average molecular weight is 324 g/mol. The van der Waals surface area contributed by atoms with Gasteiger partial charge in [-0.1, -0.05) is 54.7 Å². The van der Waals surface area contributed by atoms with Gasteiger partial charge in [0.2, 0.25) is 5.91 Å². The lowest BCUT2D eigenvalue weighted by Crippen LogP contribution is -2.29. The average Bonchev–Trinajstić information content (AvgIpc) is 2.96. The SMILES string of the molecule is CCCC(=O)N(Cc1ccccc1)c1nc2ccc(C)cc2s1. The van der Waals surface area contributed by atoms with Crippen LogP contribution in [0.3, 0.4) is 0 Å². The van der Waals surface area contributed by atoms with Gasteiger partial charge in [-0.2, -0.15) is 0 Å². The van der Waals surface area contributed by atoms with Crippen LogP contribution in [0.2, 0.25) is 0 Å². The fraction of sp³-hybridized carbons (Fsp3) is 0.263. The molecule has 0 fully saturated rings. The van der Waals surface area contributed by atoms with Gasteiger partial charge in [0.15, 0.2) is 5.13 Å². The molecule has 0 N–H and O–H groups in total. The zero-order valence-corrected chi connectivity index (χ0v) is 14.3. The fourth-order valence-electron chi connectivity index (χ4n) is 2.51. The van der Waals surface area contributed by atoms with Gasteiger partial charge in [0.1, 0.15) is 0 Å². The highest BCUT2D eigenvalue weighted by molar-refractivity contribution is 7.22. The molecule has 1 amide bonds. The van der Waals surface area contributed by atoms with Crippen LogP contribution in [-0.4, -0.2) is 10.9 Å². The molecule has 0 spiro atoms. The summed E-state index contributed by atoms with van der Waals surface area (Å²) in [6.45, 7) is 4.67. The van der Waals surface area contributed by atoms with E-state index in [0.717, 1.165) is 27.3 Å². The molecule has 3 rings (SSSR count). The lowest BCUT2D eigenvalue weighted by molar-refractivity contribution is -0.118. The quantitative estimate of drug-likeness (QED) is 0.666. The molecule has 118 valence electrons. The van der Waals surface area contributed by atoms with E-state index in [4.69, 9.17) is 0 Å². The number of anilines is 1. The molecule has 23 heavy (non-hydrogen) atoms. The first kappa shape index (κ1) is 15.7. The molecule has 3 aromatic rings. The maximum Gasteiger partial charge on any atom is 0.229 e. The number of nitrogens with zero attached hydrogens (tertiary/aromatic N) is 2. The number of hydrogen-bond acceptors (Lipinski definition) is 3. The van der Waals surface area contributed by atoms with E-state index in [1.54, 1.807) is 11.3 Å². The number of aromatic nitrogens is 1. The van der Waals surface area contributed by atoms with Crippen molar-refractivity contribution < 1.29 is 4.79 Å². The Bertz CT molecular complexity index is 811. The highest BCUT2D eigenvalue weighted by Crippen LogP contribution is 2.31. The van der Waals surface area contributed by atoms with Gasteiger partial charge in [0.25, 0.3) is 0 Å². The zero-order chi connectivity index (χ0) is 16.2. The number of fused-ring (bicyclic) bond motifs is 1. The summed E-state index contributed by atoms with van der Waals surface area (Å²) in [5.74, 6) is 0.132. The predicted octanol–water partition coefficient (Wildman–Crippen LogP) is 4.94. The summed E-state index contributed by atoms with van der Waals surface area (Å²) in [6.07, 6.45) is 1.38. The highest BCUT2D eigenvalue weighted by atomic mass is 32.1. The predicted molar refractivity (Wildman–Crippen MR) is 96.9 cm³/mol. The first-order valence-electron chi connectivity index (χ1n) is 7.89. The first-order valence-corrected chi connectivity index (χ1v) is 8.70. The van der Waals surface area contributed by atoms with Crippen molar-refractivity contribution in [3.8, 4) is 0 Å². The van der Waals surface area contributed by atoms with Gasteiger partial charge in [0.05, 0.1) is 16.8 Å². The fourth-order valence-corrected chi connectivity index (χ4v) is 3.59. The van der Waals surface area contributed by atoms with E-state index in [1.807, 2.05) is 48.2 Å². The number of amides is 1. The van der Waals surface area contributed by atoms with E-state index in [0.29, 0.717) is 13.0 Å². The molecule has 1 aromatic heterocycles. The lowest BCUT2D eigenvalue weighted by atomic mass is 10.2. The minimum absolute atomic E-state index is 0.132. The number of aryl methyl sites for hydroxylation is 1. The van der Waals surface area contributed by atoms with Crippen molar-refractivity contribution in [1.29, 1.82) is 0 Å². The number of thiazole rings is 1. The Kier molecular flexibility index (Phi) is 4.72. The van der Waals surface area contributed by atoms with Crippen LogP contribution in [0.5, 0.6) is 0 Å². The Balaban J connectivity index is 1.97. The number of hydrogen-bond donors (Lipinski definition) is 0. The molecule has 0 radical (unpaired) electrons. The molecule has 0 atom stereocenters. The van der Waals surface area contributed by atoms with Crippen molar-refractivity contribution in [1.82, 2.24) is 4.98 Å². The van der Waals surface area contributed by atoms with Crippen molar-refractivity contribution in [3.63, 3.8) is 0 Å². The second kappa shape index (κ2) is 6.92. The van der Waals surface area contributed by atoms with Crippen LogP contribution in [0, 0.1) is 6.92 Å². The largest absolute Gasteiger partial charge is 0.284 e. The van der Waals surface area contributed by atoms with Crippen molar-refractivity contribution in [3.05, 3.63) is 59.7 Å². The third-order valence-corrected chi connectivity index (χ3v) is 4.75. The van der Waals surface area contributed by atoms with Crippen molar-refractivity contribution in [2.45, 2.75) is 33.2 Å². The van der Waals surface area contributed by atoms with Crippen LogP contribution >= 0.6 is 11.3 Å². The van der Waals surface area contributed by atoms with Crippen molar-refractivity contribution in [2.24, 2.45) is 0 Å². The molecule has 0 aliphatic carbocycles. The van der Waals surface area contributed by atoms with E-state index < -0.39 is 0 Å². The van der Waals surface area contributed by atoms with Gasteiger partial charge in [-0.15, -0.1) is 0 Å². The van der Waals surface area contributed by atoms with Gasteiger partial charge >= 0.3 is 0 Å². The summed E-state index contributed by atoms with van der Waals surface area (Å²) in [6, 6.07) is 16.3. The van der Waals surface area contributed by atoms with E-state index in [9.17, 15) is 4.79 Å². The topological polar surface area (TPSA) is 33.2 Å². The number of rotatable bonds is 5. The Morgan fingerprint density at radius 1 is 1.17 bits per heavy atom. The Hall–Kier alpha value is -2.20. The molecule has 0 saturated heterocycles. The van der Waals surface area contributed by atoms with Crippen LogP contribution in [0.4, 0.5) is 5.13 Å². The van der Waals surface area contributed by atoms with Crippen LogP contribution in [0.1, 0.15) is 30.9 Å². The van der Waals surface area contributed by atoms with Gasteiger partial charge < -0.3 is 0 Å². The summed E-state index contributed by atoms with van der Waals surface area (Å²) >= 11 is 1.59. The molecule has 0 aliphatic heterocycles. The van der Waals surface area contributed by atoms with Crippen LogP contribution < -0.4 is 4.90 Å². The van der Waals surface area contributed by atoms with Gasteiger partial charge in [-0.3, -0.25) is 9.69 Å². The van der Waals surface area contributed by atoms with E-state index in [1.165, 1.54) is 5.56 Å². The molecule has 4 heteroatoms. The third-order valence-electron chi connectivity index (χ3n) is 3.71. The van der Waals surface area contributed by atoms with Crippen LogP contribution in [0.25, 0.3) is 10.2 Å². The number of carbonyl (C=O) groups is 1. The van der Waals surface area contributed by atoms with Crippen molar-refractivity contribution >= 4 is 32.6 Å². The maximum atomic E-state index is 12.6. The highest BCUT2D eigenvalue weighted by Gasteiger charge is 2.19. The molecule has 0 bridgehead atoms. The first-order chi connectivity index (χ1) is 11.2. The van der Waals surface area contributed by atoms with Gasteiger partial charge in [-0.05, 0) is 36.6 Å². The molecule has 2 aromatic carbocycles. The molecular formula is C19H20N2OS. The summed E-state index contributed by atoms with van der Waals surface area (Å²) in [4.78, 5) is 19.1. The Labute approximate surface area is 140 Å².